The molecule has 3 aromatic carbocycles. The van der Waals surface area contributed by atoms with Crippen LogP contribution in [0.25, 0.3) is 22.1 Å². The molecular formula is C26H22BrN3O6. The topological polar surface area (TPSA) is 126 Å². The maximum Gasteiger partial charge on any atom is 0.333 e. The molecule has 2 heterocycles. The third-order valence-electron chi connectivity index (χ3n) is 5.87. The predicted molar refractivity (Wildman–Crippen MR) is 139 cm³/mol. The number of aliphatic carboxylic acids is 1. The van der Waals surface area contributed by atoms with Crippen LogP contribution in [0.4, 0.5) is 11.5 Å². The second-order valence-electron chi connectivity index (χ2n) is 8.43. The molecular weight excluding hydrogens is 530 g/mol. The molecule has 0 spiro atoms. The van der Waals surface area contributed by atoms with Crippen LogP contribution in [0.5, 0.6) is 11.5 Å². The number of carboxylic acids is 1. The van der Waals surface area contributed by atoms with Gasteiger partial charge in [-0.05, 0) is 75.9 Å². The number of halogens is 1. The van der Waals surface area contributed by atoms with Crippen molar-refractivity contribution >= 4 is 50.6 Å². The lowest BCUT2D eigenvalue weighted by Crippen LogP contribution is -2.37. The molecule has 1 aliphatic rings. The first-order valence-corrected chi connectivity index (χ1v) is 11.9. The third kappa shape index (κ3) is 4.52. The van der Waals surface area contributed by atoms with Gasteiger partial charge in [0, 0.05) is 10.7 Å². The molecule has 3 N–H and O–H groups in total. The van der Waals surface area contributed by atoms with Crippen LogP contribution in [0.2, 0.25) is 0 Å². The Morgan fingerprint density at radius 3 is 2.75 bits per heavy atom. The summed E-state index contributed by atoms with van der Waals surface area (Å²) in [6.45, 7) is 1.79. The average Bonchev–Trinajstić information content (AvgIpc) is 3.30. The number of rotatable bonds is 7. The number of aliphatic imine (C=N–C) groups is 1. The Labute approximate surface area is 214 Å². The number of carbonyl (C=O) groups is 1. The van der Waals surface area contributed by atoms with Crippen LogP contribution in [0.1, 0.15) is 12.5 Å². The van der Waals surface area contributed by atoms with Gasteiger partial charge >= 0.3 is 5.97 Å². The van der Waals surface area contributed by atoms with E-state index >= 15 is 0 Å². The highest BCUT2D eigenvalue weighted by Gasteiger charge is 2.31. The van der Waals surface area contributed by atoms with Gasteiger partial charge in [-0.25, -0.2) is 4.79 Å². The SMILES string of the molecule is CC(CO)(N=Cc1ccc2onc(Nc3cccc(-c4ccc5c(c4)OCCO5)c3Br)c2c1)C(=O)O. The van der Waals surface area contributed by atoms with E-state index in [-0.39, 0.29) is 0 Å². The predicted octanol–water partition coefficient (Wildman–Crippen LogP) is 5.03. The number of fused-ring (bicyclic) bond motifs is 2. The monoisotopic (exact) mass is 551 g/mol. The fourth-order valence-electron chi connectivity index (χ4n) is 3.70. The molecule has 0 saturated carbocycles. The lowest BCUT2D eigenvalue weighted by molar-refractivity contribution is -0.143. The molecule has 9 nitrogen and oxygen atoms in total. The summed E-state index contributed by atoms with van der Waals surface area (Å²) < 4.78 is 17.6. The standard InChI is InChI=1S/C26H22BrN3O6/c1-26(14-31,25(32)33)28-13-15-5-7-20-18(11-15)24(30-36-20)29-19-4-2-3-17(23(19)27)16-6-8-21-22(12-16)35-10-9-34-21/h2-8,11-13,31H,9-10,14H2,1H3,(H,29,30)(H,32,33). The van der Waals surface area contributed by atoms with Crippen molar-refractivity contribution in [2.75, 3.05) is 25.1 Å². The Kier molecular flexibility index (Phi) is 6.38. The lowest BCUT2D eigenvalue weighted by Gasteiger charge is -2.19. The van der Waals surface area contributed by atoms with Gasteiger partial charge < -0.3 is 29.5 Å². The minimum atomic E-state index is -1.62. The van der Waals surface area contributed by atoms with Crippen LogP contribution < -0.4 is 14.8 Å². The summed E-state index contributed by atoms with van der Waals surface area (Å²) in [7, 11) is 0. The van der Waals surface area contributed by atoms with Crippen LogP contribution >= 0.6 is 15.9 Å². The second kappa shape index (κ2) is 9.63. The Morgan fingerprint density at radius 2 is 1.97 bits per heavy atom. The van der Waals surface area contributed by atoms with E-state index in [1.165, 1.54) is 13.1 Å². The number of ether oxygens (including phenoxy) is 2. The van der Waals surface area contributed by atoms with Crippen molar-refractivity contribution < 1.29 is 29.0 Å². The molecule has 1 aliphatic heterocycles. The molecule has 0 fully saturated rings. The molecule has 0 bridgehead atoms. The van der Waals surface area contributed by atoms with Crippen LogP contribution in [-0.4, -0.2) is 52.9 Å². The molecule has 5 rings (SSSR count). The quantitative estimate of drug-likeness (QED) is 0.273. The Morgan fingerprint density at radius 1 is 1.17 bits per heavy atom. The first-order valence-electron chi connectivity index (χ1n) is 11.1. The zero-order valence-electron chi connectivity index (χ0n) is 19.2. The highest BCUT2D eigenvalue weighted by molar-refractivity contribution is 9.10. The molecule has 0 saturated heterocycles. The number of hydrogen-bond donors (Lipinski definition) is 3. The number of anilines is 2. The third-order valence-corrected chi connectivity index (χ3v) is 6.72. The number of benzene rings is 3. The number of nitrogens with zero attached hydrogens (tertiary/aromatic N) is 2. The van der Waals surface area contributed by atoms with E-state index in [1.807, 2.05) is 36.4 Å². The van der Waals surface area contributed by atoms with Crippen molar-refractivity contribution in [3.8, 4) is 22.6 Å². The van der Waals surface area contributed by atoms with Gasteiger partial charge in [-0.1, -0.05) is 23.4 Å². The number of aromatic nitrogens is 1. The first-order chi connectivity index (χ1) is 17.4. The molecule has 4 aromatic rings. The van der Waals surface area contributed by atoms with Gasteiger partial charge in [0.15, 0.2) is 28.4 Å². The summed E-state index contributed by atoms with van der Waals surface area (Å²) in [6.07, 6.45) is 1.42. The zero-order valence-corrected chi connectivity index (χ0v) is 20.8. The van der Waals surface area contributed by atoms with Crippen molar-refractivity contribution in [2.45, 2.75) is 12.5 Å². The van der Waals surface area contributed by atoms with Crippen molar-refractivity contribution in [2.24, 2.45) is 4.99 Å². The second-order valence-corrected chi connectivity index (χ2v) is 9.23. The Hall–Kier alpha value is -3.89. The van der Waals surface area contributed by atoms with Gasteiger partial charge in [0.2, 0.25) is 0 Å². The fraction of sp³-hybridized carbons (Fsp3) is 0.192. The van der Waals surface area contributed by atoms with E-state index < -0.39 is 18.1 Å². The summed E-state index contributed by atoms with van der Waals surface area (Å²) >= 11 is 3.71. The van der Waals surface area contributed by atoms with Crippen LogP contribution in [0.3, 0.4) is 0 Å². The number of nitrogens with one attached hydrogen (secondary N) is 1. The number of aliphatic hydroxyl groups is 1. The van der Waals surface area contributed by atoms with E-state index in [0.717, 1.165) is 27.0 Å². The summed E-state index contributed by atoms with van der Waals surface area (Å²) in [5.41, 5.74) is 2.26. The minimum Gasteiger partial charge on any atom is -0.486 e. The summed E-state index contributed by atoms with van der Waals surface area (Å²) in [6, 6.07) is 16.9. The lowest BCUT2D eigenvalue weighted by atomic mass is 10.0. The molecule has 0 aliphatic carbocycles. The normalized spacial score (nSPS) is 14.6. The number of aliphatic hydroxyl groups excluding tert-OH is 1. The fourth-order valence-corrected chi connectivity index (χ4v) is 4.29. The van der Waals surface area contributed by atoms with E-state index in [0.29, 0.717) is 41.3 Å². The van der Waals surface area contributed by atoms with Crippen molar-refractivity contribution in [1.29, 1.82) is 0 Å². The van der Waals surface area contributed by atoms with Gasteiger partial charge in [-0.2, -0.15) is 0 Å². The van der Waals surface area contributed by atoms with Gasteiger partial charge in [-0.15, -0.1) is 0 Å². The Balaban J connectivity index is 1.45. The van der Waals surface area contributed by atoms with Crippen LogP contribution in [-0.2, 0) is 4.79 Å². The number of carboxylic acid groups (broad SMARTS) is 1. The van der Waals surface area contributed by atoms with Gasteiger partial charge in [-0.3, -0.25) is 4.99 Å². The molecule has 1 aromatic heterocycles. The molecule has 10 heteroatoms. The van der Waals surface area contributed by atoms with Crippen LogP contribution in [0, 0.1) is 0 Å². The smallest absolute Gasteiger partial charge is 0.333 e. The molecule has 1 atom stereocenters. The molecule has 0 radical (unpaired) electrons. The summed E-state index contributed by atoms with van der Waals surface area (Å²) in [5, 5.41) is 26.9. The van der Waals surface area contributed by atoms with Gasteiger partial charge in [0.05, 0.1) is 17.7 Å². The highest BCUT2D eigenvalue weighted by atomic mass is 79.9. The summed E-state index contributed by atoms with van der Waals surface area (Å²) in [5.74, 6) is 0.716. The van der Waals surface area contributed by atoms with Gasteiger partial charge in [0.1, 0.15) is 13.2 Å². The summed E-state index contributed by atoms with van der Waals surface area (Å²) in [4.78, 5) is 15.5. The van der Waals surface area contributed by atoms with Crippen LogP contribution in [0.15, 0.2) is 68.6 Å². The molecule has 0 amide bonds. The highest BCUT2D eigenvalue weighted by Crippen LogP contribution is 2.40. The Bertz CT molecular complexity index is 1480. The van der Waals surface area contributed by atoms with Gasteiger partial charge in [0.25, 0.3) is 0 Å². The minimum absolute atomic E-state index is 0.489. The van der Waals surface area contributed by atoms with E-state index in [9.17, 15) is 15.0 Å². The van der Waals surface area contributed by atoms with E-state index in [4.69, 9.17) is 14.0 Å². The average molecular weight is 552 g/mol. The van der Waals surface area contributed by atoms with E-state index in [2.05, 4.69) is 31.4 Å². The zero-order chi connectivity index (χ0) is 25.3. The van der Waals surface area contributed by atoms with Crippen molar-refractivity contribution in [3.05, 3.63) is 64.6 Å². The maximum atomic E-state index is 11.4. The molecule has 36 heavy (non-hydrogen) atoms. The molecule has 184 valence electrons. The maximum absolute atomic E-state index is 11.4. The number of hydrogen-bond acceptors (Lipinski definition) is 8. The first kappa shape index (κ1) is 23.8. The van der Waals surface area contributed by atoms with Crippen molar-refractivity contribution in [1.82, 2.24) is 5.16 Å². The van der Waals surface area contributed by atoms with Crippen molar-refractivity contribution in [3.63, 3.8) is 0 Å². The molecule has 1 unspecified atom stereocenters. The van der Waals surface area contributed by atoms with E-state index in [1.54, 1.807) is 18.2 Å². The largest absolute Gasteiger partial charge is 0.486 e.